The molecule has 0 atom stereocenters. The molecule has 13 aromatic rings. The lowest BCUT2D eigenvalue weighted by molar-refractivity contribution is 0.535. The van der Waals surface area contributed by atoms with Crippen molar-refractivity contribution in [3.05, 3.63) is 254 Å². The Balaban J connectivity index is 1.04. The molecule has 0 amide bonds. The zero-order valence-corrected chi connectivity index (χ0v) is 40.9. The summed E-state index contributed by atoms with van der Waals surface area (Å²) in [5, 5.41) is 7.21. The molecule has 0 N–H and O–H groups in total. The average Bonchev–Trinajstić information content (AvgIpc) is 4.25. The first-order valence-electron chi connectivity index (χ1n) is 25.6. The van der Waals surface area contributed by atoms with E-state index < -0.39 is 0 Å². The topological polar surface area (TPSA) is 24.3 Å². The number of anilines is 6. The highest BCUT2D eigenvalue weighted by molar-refractivity contribution is 7.26. The van der Waals surface area contributed by atoms with Gasteiger partial charge in [-0.05, 0) is 114 Å². The van der Waals surface area contributed by atoms with Crippen molar-refractivity contribution in [3.8, 4) is 27.9 Å². The predicted molar refractivity (Wildman–Crippen MR) is 308 cm³/mol. The molecule has 15 rings (SSSR count). The molecule has 2 aliphatic carbocycles. The minimum atomic E-state index is -0.164. The molecule has 1 fully saturated rings. The van der Waals surface area contributed by atoms with Gasteiger partial charge < -0.3 is 9.80 Å². The second-order valence-corrected chi connectivity index (χ2v) is 20.8. The van der Waals surface area contributed by atoms with Crippen LogP contribution in [0.1, 0.15) is 36.9 Å². The molecule has 0 saturated heterocycles. The lowest BCUT2D eigenvalue weighted by Crippen LogP contribution is -2.22. The summed E-state index contributed by atoms with van der Waals surface area (Å²) in [6.07, 6.45) is 4.54. The summed E-state index contributed by atoms with van der Waals surface area (Å²) < 4.78 is 5.08. The Kier molecular flexibility index (Phi) is 9.58. The number of benzene rings is 10. The number of nitrogens with zero attached hydrogens (tertiary/aromatic N) is 4. The van der Waals surface area contributed by atoms with E-state index in [1.54, 1.807) is 0 Å². The number of pyridine rings is 1. The molecular formula is C68H48N4S. The molecule has 3 aromatic heterocycles. The molecule has 5 heteroatoms. The average molecular weight is 953 g/mol. The fourth-order valence-electron chi connectivity index (χ4n) is 12.7. The molecule has 0 bridgehead atoms. The monoisotopic (exact) mass is 952 g/mol. The lowest BCUT2D eigenvalue weighted by Gasteiger charge is -2.30. The Bertz CT molecular complexity index is 4210. The van der Waals surface area contributed by atoms with Crippen LogP contribution in [0.3, 0.4) is 0 Å². The van der Waals surface area contributed by atoms with Crippen LogP contribution in [-0.2, 0) is 5.41 Å². The van der Waals surface area contributed by atoms with Crippen molar-refractivity contribution < 1.29 is 0 Å². The van der Waals surface area contributed by atoms with E-state index in [0.717, 1.165) is 68.9 Å². The van der Waals surface area contributed by atoms with Gasteiger partial charge in [0, 0.05) is 81.6 Å². The molecular weight excluding hydrogens is 905 g/mol. The summed E-state index contributed by atoms with van der Waals surface area (Å²) in [4.78, 5) is 11.0. The molecule has 2 aliphatic rings. The van der Waals surface area contributed by atoms with E-state index >= 15 is 0 Å². The van der Waals surface area contributed by atoms with E-state index in [1.807, 2.05) is 11.3 Å². The highest BCUT2D eigenvalue weighted by Gasteiger charge is 2.49. The number of hydrogen-bond acceptors (Lipinski definition) is 4. The SMILES string of the molecule is c1ccc(-c2cc(N(c3ccccc3)c3ccc4c(ccc5c6c(N(c7ccccc7)c7ccccc7)c7c(nc6n(-c6ccccc6)c45)C4(CCCC4)c4ccccc4-7)c3)cc3c2sc2ccccc23)cc1. The normalized spacial score (nSPS) is 13.6. The van der Waals surface area contributed by atoms with Crippen LogP contribution in [0.2, 0.25) is 0 Å². The first-order valence-corrected chi connectivity index (χ1v) is 26.4. The van der Waals surface area contributed by atoms with Crippen molar-refractivity contribution in [1.82, 2.24) is 9.55 Å². The molecule has 1 spiro atoms. The number of para-hydroxylation sites is 4. The van der Waals surface area contributed by atoms with E-state index in [4.69, 9.17) is 4.98 Å². The first kappa shape index (κ1) is 42.0. The van der Waals surface area contributed by atoms with Gasteiger partial charge in [0.05, 0.1) is 22.3 Å². The highest BCUT2D eigenvalue weighted by atomic mass is 32.1. The third kappa shape index (κ3) is 6.42. The lowest BCUT2D eigenvalue weighted by atomic mass is 9.79. The van der Waals surface area contributed by atoms with E-state index in [1.165, 1.54) is 83.0 Å². The summed E-state index contributed by atoms with van der Waals surface area (Å²) in [5.41, 5.74) is 17.4. The van der Waals surface area contributed by atoms with E-state index in [-0.39, 0.29) is 5.41 Å². The van der Waals surface area contributed by atoms with Crippen LogP contribution in [0.5, 0.6) is 0 Å². The fourth-order valence-corrected chi connectivity index (χ4v) is 13.9. The number of aromatic nitrogens is 2. The van der Waals surface area contributed by atoms with Gasteiger partial charge in [0.2, 0.25) is 0 Å². The van der Waals surface area contributed by atoms with Crippen LogP contribution in [0.4, 0.5) is 34.1 Å². The largest absolute Gasteiger partial charge is 0.310 e. The number of hydrogen-bond donors (Lipinski definition) is 0. The summed E-state index contributed by atoms with van der Waals surface area (Å²) in [6, 6.07) is 89.2. The number of rotatable bonds is 8. The second-order valence-electron chi connectivity index (χ2n) is 19.8. The van der Waals surface area contributed by atoms with Gasteiger partial charge in [0.15, 0.2) is 0 Å². The van der Waals surface area contributed by atoms with Gasteiger partial charge in [0.1, 0.15) is 5.65 Å². The predicted octanol–water partition coefficient (Wildman–Crippen LogP) is 19.1. The van der Waals surface area contributed by atoms with Gasteiger partial charge in [-0.3, -0.25) is 4.57 Å². The van der Waals surface area contributed by atoms with Crippen molar-refractivity contribution in [1.29, 1.82) is 0 Å². The Morgan fingerprint density at radius 3 is 1.77 bits per heavy atom. The Hall–Kier alpha value is -8.77. The van der Waals surface area contributed by atoms with Crippen LogP contribution < -0.4 is 9.80 Å². The quantitative estimate of drug-likeness (QED) is 0.152. The molecule has 346 valence electrons. The van der Waals surface area contributed by atoms with Crippen LogP contribution in [0, 0.1) is 0 Å². The van der Waals surface area contributed by atoms with Gasteiger partial charge in [-0.2, -0.15) is 0 Å². The van der Waals surface area contributed by atoms with E-state index in [0.29, 0.717) is 0 Å². The van der Waals surface area contributed by atoms with Crippen LogP contribution >= 0.6 is 11.3 Å². The summed E-state index contributed by atoms with van der Waals surface area (Å²) in [6.45, 7) is 0. The van der Waals surface area contributed by atoms with Crippen molar-refractivity contribution >= 4 is 98.3 Å². The molecule has 1 saturated carbocycles. The second kappa shape index (κ2) is 16.7. The summed E-state index contributed by atoms with van der Waals surface area (Å²) >= 11 is 1.88. The molecule has 73 heavy (non-hydrogen) atoms. The van der Waals surface area contributed by atoms with E-state index in [2.05, 4.69) is 257 Å². The van der Waals surface area contributed by atoms with E-state index in [9.17, 15) is 0 Å². The standard InChI is InChI=1S/C68H48N4S/c1-6-22-45(23-7-1)57-43-52(44-58-54-32-17-19-35-60(54)73-65(57)58)70(47-24-8-2-9-25-47)51-37-39-53-46(42-51)36-38-56-62-64(71(48-26-10-3-11-27-48)49-28-12-4-13-29-49)61-55-33-16-18-34-59(55)68(40-20-21-41-68)66(61)69-67(62)72(63(53)56)50-30-14-5-15-31-50/h1-19,22-39,42-44H,20-21,40-41H2. The molecule has 4 nitrogen and oxygen atoms in total. The van der Waals surface area contributed by atoms with Gasteiger partial charge in [-0.15, -0.1) is 11.3 Å². The first-order chi connectivity index (χ1) is 36.2. The summed E-state index contributed by atoms with van der Waals surface area (Å²) in [5.74, 6) is 0. The van der Waals surface area contributed by atoms with Gasteiger partial charge >= 0.3 is 0 Å². The zero-order chi connectivity index (χ0) is 48.0. The van der Waals surface area contributed by atoms with Crippen LogP contribution in [-0.4, -0.2) is 9.55 Å². The molecule has 0 aliphatic heterocycles. The molecule has 3 heterocycles. The maximum atomic E-state index is 6.09. The third-order valence-corrected chi connectivity index (χ3v) is 17.0. The number of fused-ring (bicyclic) bond motifs is 13. The smallest absolute Gasteiger partial charge is 0.148 e. The maximum Gasteiger partial charge on any atom is 0.148 e. The number of thiophene rings is 1. The maximum absolute atomic E-state index is 6.09. The van der Waals surface area contributed by atoms with Crippen LogP contribution in [0.15, 0.2) is 243 Å². The molecule has 10 aromatic carbocycles. The minimum Gasteiger partial charge on any atom is -0.310 e. The van der Waals surface area contributed by atoms with Gasteiger partial charge in [0.25, 0.3) is 0 Å². The minimum absolute atomic E-state index is 0.164. The highest BCUT2D eigenvalue weighted by Crippen LogP contribution is 2.62. The Morgan fingerprint density at radius 1 is 0.452 bits per heavy atom. The summed E-state index contributed by atoms with van der Waals surface area (Å²) in [7, 11) is 0. The van der Waals surface area contributed by atoms with Gasteiger partial charge in [-0.25, -0.2) is 4.98 Å². The zero-order valence-electron chi connectivity index (χ0n) is 40.1. The third-order valence-electron chi connectivity index (χ3n) is 15.8. The van der Waals surface area contributed by atoms with Crippen molar-refractivity contribution in [2.45, 2.75) is 31.1 Å². The molecule has 0 radical (unpaired) electrons. The van der Waals surface area contributed by atoms with Crippen molar-refractivity contribution in [3.63, 3.8) is 0 Å². The molecule has 0 unspecified atom stereocenters. The van der Waals surface area contributed by atoms with Gasteiger partial charge in [-0.1, -0.05) is 177 Å². The Labute approximate surface area is 428 Å². The van der Waals surface area contributed by atoms with Crippen LogP contribution in [0.25, 0.3) is 80.8 Å². The fraction of sp³-hybridized carbons (Fsp3) is 0.0735. The Morgan fingerprint density at radius 2 is 1.05 bits per heavy atom. The van der Waals surface area contributed by atoms with Crippen molar-refractivity contribution in [2.75, 3.05) is 9.80 Å². The van der Waals surface area contributed by atoms with Crippen molar-refractivity contribution in [2.24, 2.45) is 0 Å².